The smallest absolute Gasteiger partial charge is 0.243 e. The zero-order valence-corrected chi connectivity index (χ0v) is 14.7. The molecular weight excluding hydrogens is 284 g/mol. The van der Waals surface area contributed by atoms with Crippen LogP contribution in [0.15, 0.2) is 17.0 Å². The number of hydrogen-bond donors (Lipinski definition) is 1. The molecule has 0 heterocycles. The molecule has 1 N–H and O–H groups in total. The highest BCUT2D eigenvalue weighted by Gasteiger charge is 2.25. The lowest BCUT2D eigenvalue weighted by Crippen LogP contribution is -2.32. The molecule has 0 saturated carbocycles. The van der Waals surface area contributed by atoms with Crippen LogP contribution in [0.3, 0.4) is 0 Å². The van der Waals surface area contributed by atoms with Crippen LogP contribution in [-0.2, 0) is 16.6 Å². The Kier molecular flexibility index (Phi) is 6.84. The van der Waals surface area contributed by atoms with Gasteiger partial charge in [-0.25, -0.2) is 8.42 Å². The molecule has 1 rings (SSSR count). The number of rotatable bonds is 8. The van der Waals surface area contributed by atoms with Gasteiger partial charge in [0.1, 0.15) is 0 Å². The maximum absolute atomic E-state index is 12.9. The molecule has 0 aliphatic rings. The lowest BCUT2D eigenvalue weighted by atomic mass is 10.1. The second-order valence-corrected chi connectivity index (χ2v) is 7.32. The normalized spacial score (nSPS) is 12.1. The lowest BCUT2D eigenvalue weighted by molar-refractivity contribution is 0.418. The molecular formula is C16H28N2O2S. The van der Waals surface area contributed by atoms with Gasteiger partial charge in [0.05, 0.1) is 4.90 Å². The van der Waals surface area contributed by atoms with Gasteiger partial charge in [-0.15, -0.1) is 0 Å². The average molecular weight is 312 g/mol. The van der Waals surface area contributed by atoms with Gasteiger partial charge in [-0.1, -0.05) is 26.3 Å². The minimum absolute atomic E-state index is 0.450. The van der Waals surface area contributed by atoms with E-state index in [0.29, 0.717) is 24.5 Å². The molecule has 1 aromatic carbocycles. The minimum atomic E-state index is -3.41. The Balaban J connectivity index is 3.28. The van der Waals surface area contributed by atoms with Gasteiger partial charge < -0.3 is 5.32 Å². The van der Waals surface area contributed by atoms with Gasteiger partial charge in [-0.05, 0) is 50.1 Å². The Morgan fingerprint density at radius 3 is 2.38 bits per heavy atom. The van der Waals surface area contributed by atoms with E-state index in [-0.39, 0.29) is 0 Å². The Morgan fingerprint density at radius 1 is 1.19 bits per heavy atom. The van der Waals surface area contributed by atoms with Gasteiger partial charge >= 0.3 is 0 Å². The van der Waals surface area contributed by atoms with Crippen molar-refractivity contribution in [1.29, 1.82) is 0 Å². The molecule has 0 amide bonds. The van der Waals surface area contributed by atoms with Crippen LogP contribution >= 0.6 is 0 Å². The van der Waals surface area contributed by atoms with Crippen molar-refractivity contribution in [1.82, 2.24) is 9.62 Å². The number of nitrogens with zero attached hydrogens (tertiary/aromatic N) is 1. The maximum Gasteiger partial charge on any atom is 0.243 e. The second kappa shape index (κ2) is 7.92. The molecule has 4 nitrogen and oxygen atoms in total. The fourth-order valence-electron chi connectivity index (χ4n) is 2.39. The molecule has 21 heavy (non-hydrogen) atoms. The van der Waals surface area contributed by atoms with Gasteiger partial charge in [0, 0.05) is 19.6 Å². The first-order valence-electron chi connectivity index (χ1n) is 7.63. The van der Waals surface area contributed by atoms with Crippen LogP contribution in [0.5, 0.6) is 0 Å². The number of benzene rings is 1. The second-order valence-electron chi connectivity index (χ2n) is 5.42. The number of unbranched alkanes of at least 4 members (excludes halogenated alkanes) is 1. The monoisotopic (exact) mass is 312 g/mol. The summed E-state index contributed by atoms with van der Waals surface area (Å²) in [6.07, 6.45) is 1.88. The molecule has 0 aromatic heterocycles. The van der Waals surface area contributed by atoms with Gasteiger partial charge in [0.2, 0.25) is 10.0 Å². The van der Waals surface area contributed by atoms with Crippen LogP contribution in [-0.4, -0.2) is 32.9 Å². The molecule has 0 saturated heterocycles. The summed E-state index contributed by atoms with van der Waals surface area (Å²) in [7, 11) is -1.55. The van der Waals surface area contributed by atoms with E-state index in [1.165, 1.54) is 0 Å². The molecule has 5 heteroatoms. The van der Waals surface area contributed by atoms with Gasteiger partial charge in [-0.3, -0.25) is 0 Å². The maximum atomic E-state index is 12.9. The van der Waals surface area contributed by atoms with Crippen molar-refractivity contribution in [3.8, 4) is 0 Å². The van der Waals surface area contributed by atoms with Crippen molar-refractivity contribution >= 4 is 10.0 Å². The number of aryl methyl sites for hydroxylation is 1. The third-order valence-electron chi connectivity index (χ3n) is 3.79. The van der Waals surface area contributed by atoms with Crippen LogP contribution in [0.1, 0.15) is 43.4 Å². The fraction of sp³-hybridized carbons (Fsp3) is 0.625. The summed E-state index contributed by atoms with van der Waals surface area (Å²) in [5.74, 6) is 0. The van der Waals surface area contributed by atoms with Gasteiger partial charge in [0.25, 0.3) is 0 Å². The summed E-state index contributed by atoms with van der Waals surface area (Å²) in [4.78, 5) is 0.450. The third-order valence-corrected chi connectivity index (χ3v) is 5.89. The SMILES string of the molecule is CCCCN(CC)S(=O)(=O)c1cc(CNC)cc(C)c1C. The molecule has 0 atom stereocenters. The first-order chi connectivity index (χ1) is 9.88. The van der Waals surface area contributed by atoms with Crippen LogP contribution in [0.2, 0.25) is 0 Å². The first-order valence-corrected chi connectivity index (χ1v) is 9.07. The highest BCUT2D eigenvalue weighted by atomic mass is 32.2. The predicted octanol–water partition coefficient (Wildman–Crippen LogP) is 2.83. The summed E-state index contributed by atoms with van der Waals surface area (Å²) in [6.45, 7) is 9.59. The number of sulfonamides is 1. The molecule has 0 radical (unpaired) electrons. The van der Waals surface area contributed by atoms with E-state index in [2.05, 4.69) is 12.2 Å². The summed E-state index contributed by atoms with van der Waals surface area (Å²) >= 11 is 0. The lowest BCUT2D eigenvalue weighted by Gasteiger charge is -2.22. The average Bonchev–Trinajstić information content (AvgIpc) is 2.43. The van der Waals surface area contributed by atoms with E-state index in [4.69, 9.17) is 0 Å². The number of hydrogen-bond acceptors (Lipinski definition) is 3. The Bertz CT molecular complexity index is 568. The molecule has 0 aliphatic heterocycles. The van der Waals surface area contributed by atoms with Crippen molar-refractivity contribution in [3.63, 3.8) is 0 Å². The molecule has 0 aliphatic carbocycles. The minimum Gasteiger partial charge on any atom is -0.316 e. The largest absolute Gasteiger partial charge is 0.316 e. The Morgan fingerprint density at radius 2 is 1.86 bits per heavy atom. The Labute approximate surface area is 129 Å². The summed E-state index contributed by atoms with van der Waals surface area (Å²) in [5.41, 5.74) is 2.88. The van der Waals surface area contributed by atoms with Crippen LogP contribution in [0.4, 0.5) is 0 Å². The summed E-state index contributed by atoms with van der Waals surface area (Å²) in [6, 6.07) is 3.86. The quantitative estimate of drug-likeness (QED) is 0.803. The molecule has 0 spiro atoms. The van der Waals surface area contributed by atoms with E-state index < -0.39 is 10.0 Å². The van der Waals surface area contributed by atoms with Gasteiger partial charge in [-0.2, -0.15) is 4.31 Å². The summed E-state index contributed by atoms with van der Waals surface area (Å²) in [5, 5.41) is 3.08. The zero-order chi connectivity index (χ0) is 16.0. The third kappa shape index (κ3) is 4.28. The van der Waals surface area contributed by atoms with Crippen molar-refractivity contribution in [2.75, 3.05) is 20.1 Å². The summed E-state index contributed by atoms with van der Waals surface area (Å²) < 4.78 is 27.4. The van der Waals surface area contributed by atoms with E-state index >= 15 is 0 Å². The fourth-order valence-corrected chi connectivity index (χ4v) is 4.23. The topological polar surface area (TPSA) is 49.4 Å². The first kappa shape index (κ1) is 18.1. The highest BCUT2D eigenvalue weighted by molar-refractivity contribution is 7.89. The van der Waals surface area contributed by atoms with E-state index in [0.717, 1.165) is 29.5 Å². The van der Waals surface area contributed by atoms with Crippen molar-refractivity contribution in [2.45, 2.75) is 52.0 Å². The van der Waals surface area contributed by atoms with Crippen LogP contribution in [0, 0.1) is 13.8 Å². The standard InChI is InChI=1S/C16H28N2O2S/c1-6-8-9-18(7-2)21(19,20)16-11-15(12-17-5)10-13(3)14(16)4/h10-11,17H,6-9,12H2,1-5H3. The Hall–Kier alpha value is -0.910. The predicted molar refractivity (Wildman–Crippen MR) is 88.0 cm³/mol. The molecule has 0 fully saturated rings. The van der Waals surface area contributed by atoms with Crippen molar-refractivity contribution in [2.24, 2.45) is 0 Å². The van der Waals surface area contributed by atoms with Crippen molar-refractivity contribution in [3.05, 3.63) is 28.8 Å². The van der Waals surface area contributed by atoms with E-state index in [9.17, 15) is 8.42 Å². The molecule has 120 valence electrons. The molecule has 0 bridgehead atoms. The van der Waals surface area contributed by atoms with Gasteiger partial charge in [0.15, 0.2) is 0 Å². The van der Waals surface area contributed by atoms with Crippen LogP contribution in [0.25, 0.3) is 0 Å². The van der Waals surface area contributed by atoms with E-state index in [1.807, 2.05) is 40.0 Å². The van der Waals surface area contributed by atoms with Crippen molar-refractivity contribution < 1.29 is 8.42 Å². The molecule has 1 aromatic rings. The van der Waals surface area contributed by atoms with E-state index in [1.54, 1.807) is 4.31 Å². The molecule has 0 unspecified atom stereocenters. The number of nitrogens with one attached hydrogen (secondary N) is 1. The zero-order valence-electron chi connectivity index (χ0n) is 13.9. The highest BCUT2D eigenvalue weighted by Crippen LogP contribution is 2.24. The van der Waals surface area contributed by atoms with Crippen LogP contribution < -0.4 is 5.32 Å².